The van der Waals surface area contributed by atoms with Crippen LogP contribution >= 0.6 is 0 Å². The number of pyridine rings is 1. The van der Waals surface area contributed by atoms with Crippen LogP contribution in [0.4, 0.5) is 0 Å². The first kappa shape index (κ1) is 13.8. The zero-order valence-corrected chi connectivity index (χ0v) is 11.0. The molecule has 0 fully saturated rings. The minimum Gasteiger partial charge on any atom is -0.305 e. The van der Waals surface area contributed by atoms with Crippen LogP contribution in [0.1, 0.15) is 25.8 Å². The Morgan fingerprint density at radius 1 is 1.41 bits per heavy atom. The lowest BCUT2D eigenvalue weighted by atomic mass is 9.89. The van der Waals surface area contributed by atoms with Gasteiger partial charge in [0.05, 0.1) is 0 Å². The first-order valence-electron chi connectivity index (χ1n) is 6.13. The molecule has 3 heteroatoms. The maximum atomic E-state index is 11.0. The number of nitrogens with zero attached hydrogens (tertiary/aromatic N) is 2. The molecule has 0 amide bonds. The van der Waals surface area contributed by atoms with Gasteiger partial charge in [-0.15, -0.1) is 0 Å². The monoisotopic (exact) mass is 234 g/mol. The van der Waals surface area contributed by atoms with Gasteiger partial charge in [0, 0.05) is 30.9 Å². The van der Waals surface area contributed by atoms with Gasteiger partial charge in [-0.05, 0) is 37.6 Å². The van der Waals surface area contributed by atoms with E-state index in [1.165, 1.54) is 5.56 Å². The number of hydrogen-bond acceptors (Lipinski definition) is 3. The van der Waals surface area contributed by atoms with Gasteiger partial charge in [-0.2, -0.15) is 0 Å². The molecule has 0 aliphatic heterocycles. The van der Waals surface area contributed by atoms with Crippen molar-refractivity contribution >= 4 is 6.29 Å². The number of aldehydes is 1. The summed E-state index contributed by atoms with van der Waals surface area (Å²) >= 11 is 0. The second kappa shape index (κ2) is 6.50. The van der Waals surface area contributed by atoms with Crippen molar-refractivity contribution in [2.45, 2.75) is 26.7 Å². The van der Waals surface area contributed by atoms with Crippen molar-refractivity contribution in [1.82, 2.24) is 9.88 Å². The lowest BCUT2D eigenvalue weighted by Crippen LogP contribution is -2.35. The van der Waals surface area contributed by atoms with Crippen LogP contribution in [0.2, 0.25) is 0 Å². The summed E-state index contributed by atoms with van der Waals surface area (Å²) in [6.45, 7) is 5.86. The van der Waals surface area contributed by atoms with E-state index in [1.54, 1.807) is 0 Å². The SMILES string of the molecule is CCC(C)(C=O)CN(C)CCc1ccncc1. The van der Waals surface area contributed by atoms with E-state index in [0.717, 1.165) is 32.2 Å². The molecule has 1 rings (SSSR count). The van der Waals surface area contributed by atoms with Crippen LogP contribution in [0.25, 0.3) is 0 Å². The van der Waals surface area contributed by atoms with Crippen molar-refractivity contribution in [3.05, 3.63) is 30.1 Å². The lowest BCUT2D eigenvalue weighted by Gasteiger charge is -2.27. The van der Waals surface area contributed by atoms with Crippen molar-refractivity contribution in [3.8, 4) is 0 Å². The van der Waals surface area contributed by atoms with Gasteiger partial charge >= 0.3 is 0 Å². The number of aromatic nitrogens is 1. The molecule has 1 atom stereocenters. The van der Waals surface area contributed by atoms with Gasteiger partial charge in [0.2, 0.25) is 0 Å². The summed E-state index contributed by atoms with van der Waals surface area (Å²) in [7, 11) is 2.07. The van der Waals surface area contributed by atoms with Crippen LogP contribution < -0.4 is 0 Å². The smallest absolute Gasteiger partial charge is 0.127 e. The number of carbonyl (C=O) groups is 1. The predicted molar refractivity (Wildman–Crippen MR) is 69.9 cm³/mol. The highest BCUT2D eigenvalue weighted by molar-refractivity contribution is 5.58. The number of likely N-dealkylation sites (N-methyl/N-ethyl adjacent to an activating group) is 1. The third-order valence-electron chi connectivity index (χ3n) is 3.25. The van der Waals surface area contributed by atoms with E-state index in [4.69, 9.17) is 0 Å². The van der Waals surface area contributed by atoms with E-state index in [2.05, 4.69) is 23.9 Å². The maximum Gasteiger partial charge on any atom is 0.127 e. The first-order chi connectivity index (χ1) is 8.09. The Labute approximate surface area is 104 Å². The summed E-state index contributed by atoms with van der Waals surface area (Å²) in [6.07, 6.45) is 6.59. The zero-order chi connectivity index (χ0) is 12.7. The largest absolute Gasteiger partial charge is 0.305 e. The molecule has 0 bridgehead atoms. The molecule has 0 aromatic carbocycles. The highest BCUT2D eigenvalue weighted by atomic mass is 16.1. The summed E-state index contributed by atoms with van der Waals surface area (Å²) in [4.78, 5) is 17.3. The average molecular weight is 234 g/mol. The molecule has 3 nitrogen and oxygen atoms in total. The van der Waals surface area contributed by atoms with Gasteiger partial charge in [-0.25, -0.2) is 0 Å². The molecule has 0 saturated heterocycles. The van der Waals surface area contributed by atoms with Crippen molar-refractivity contribution in [2.75, 3.05) is 20.1 Å². The Morgan fingerprint density at radius 3 is 2.59 bits per heavy atom. The summed E-state index contributed by atoms with van der Waals surface area (Å²) in [5.74, 6) is 0. The highest BCUT2D eigenvalue weighted by Crippen LogP contribution is 2.18. The Balaban J connectivity index is 2.40. The maximum absolute atomic E-state index is 11.0. The Hall–Kier alpha value is -1.22. The molecule has 0 saturated carbocycles. The average Bonchev–Trinajstić information content (AvgIpc) is 2.37. The molecular weight excluding hydrogens is 212 g/mol. The predicted octanol–water partition coefficient (Wildman–Crippen LogP) is 2.17. The second-order valence-electron chi connectivity index (χ2n) is 4.97. The summed E-state index contributed by atoms with van der Waals surface area (Å²) in [6, 6.07) is 4.07. The first-order valence-corrected chi connectivity index (χ1v) is 6.13. The molecule has 1 unspecified atom stereocenters. The van der Waals surface area contributed by atoms with Gasteiger partial charge < -0.3 is 9.69 Å². The highest BCUT2D eigenvalue weighted by Gasteiger charge is 2.22. The minimum absolute atomic E-state index is 0.215. The number of hydrogen-bond donors (Lipinski definition) is 0. The molecule has 1 heterocycles. The molecule has 17 heavy (non-hydrogen) atoms. The van der Waals surface area contributed by atoms with Gasteiger partial charge in [-0.1, -0.05) is 13.8 Å². The van der Waals surface area contributed by atoms with E-state index in [-0.39, 0.29) is 5.41 Å². The van der Waals surface area contributed by atoms with Crippen molar-refractivity contribution in [2.24, 2.45) is 5.41 Å². The third-order valence-corrected chi connectivity index (χ3v) is 3.25. The van der Waals surface area contributed by atoms with E-state index in [1.807, 2.05) is 31.5 Å². The molecule has 1 aromatic heterocycles. The lowest BCUT2D eigenvalue weighted by molar-refractivity contribution is -0.116. The Bertz CT molecular complexity index is 339. The van der Waals surface area contributed by atoms with Gasteiger partial charge in [0.15, 0.2) is 0 Å². The van der Waals surface area contributed by atoms with Crippen LogP contribution in [0.3, 0.4) is 0 Å². The van der Waals surface area contributed by atoms with E-state index in [9.17, 15) is 4.79 Å². The van der Waals surface area contributed by atoms with Gasteiger partial charge in [-0.3, -0.25) is 4.98 Å². The summed E-state index contributed by atoms with van der Waals surface area (Å²) in [5.41, 5.74) is 1.07. The normalized spacial score (nSPS) is 14.6. The topological polar surface area (TPSA) is 33.2 Å². The molecule has 0 radical (unpaired) electrons. The van der Waals surface area contributed by atoms with Crippen LogP contribution in [0.15, 0.2) is 24.5 Å². The van der Waals surface area contributed by atoms with Crippen molar-refractivity contribution in [1.29, 1.82) is 0 Å². The van der Waals surface area contributed by atoms with Crippen LogP contribution in [-0.2, 0) is 11.2 Å². The molecular formula is C14H22N2O. The van der Waals surface area contributed by atoms with E-state index >= 15 is 0 Å². The Morgan fingerprint density at radius 2 is 2.06 bits per heavy atom. The van der Waals surface area contributed by atoms with Crippen molar-refractivity contribution < 1.29 is 4.79 Å². The number of carbonyl (C=O) groups excluding carboxylic acids is 1. The van der Waals surface area contributed by atoms with Crippen LogP contribution in [-0.4, -0.2) is 36.3 Å². The fourth-order valence-corrected chi connectivity index (χ4v) is 1.80. The van der Waals surface area contributed by atoms with E-state index < -0.39 is 0 Å². The van der Waals surface area contributed by atoms with Crippen LogP contribution in [0, 0.1) is 5.41 Å². The standard InChI is InChI=1S/C14H22N2O/c1-4-14(2,12-17)11-16(3)10-7-13-5-8-15-9-6-13/h5-6,8-9,12H,4,7,10-11H2,1-3H3. The fourth-order valence-electron chi connectivity index (χ4n) is 1.80. The third kappa shape index (κ3) is 4.65. The molecule has 94 valence electrons. The Kier molecular flexibility index (Phi) is 5.29. The summed E-state index contributed by atoms with van der Waals surface area (Å²) in [5, 5.41) is 0. The second-order valence-corrected chi connectivity index (χ2v) is 4.97. The van der Waals surface area contributed by atoms with Crippen LogP contribution in [0.5, 0.6) is 0 Å². The summed E-state index contributed by atoms with van der Waals surface area (Å²) < 4.78 is 0. The molecule has 0 aliphatic carbocycles. The zero-order valence-electron chi connectivity index (χ0n) is 11.0. The fraction of sp³-hybridized carbons (Fsp3) is 0.571. The molecule has 0 spiro atoms. The van der Waals surface area contributed by atoms with Gasteiger partial charge in [0.25, 0.3) is 0 Å². The minimum atomic E-state index is -0.215. The molecule has 0 aliphatic rings. The quantitative estimate of drug-likeness (QED) is 0.678. The molecule has 1 aromatic rings. The van der Waals surface area contributed by atoms with Crippen molar-refractivity contribution in [3.63, 3.8) is 0 Å². The molecule has 0 N–H and O–H groups in total. The van der Waals surface area contributed by atoms with E-state index in [0.29, 0.717) is 0 Å². The van der Waals surface area contributed by atoms with Gasteiger partial charge in [0.1, 0.15) is 6.29 Å². The number of rotatable bonds is 7.